The van der Waals surface area contributed by atoms with Crippen molar-refractivity contribution in [3.63, 3.8) is 0 Å². The number of nitrogens with two attached hydrogens (primary N) is 1. The zero-order chi connectivity index (χ0) is 20.9. The fourth-order valence-electron chi connectivity index (χ4n) is 3.37. The van der Waals surface area contributed by atoms with E-state index in [9.17, 15) is 17.6 Å². The summed E-state index contributed by atoms with van der Waals surface area (Å²) in [7, 11) is 0. The average molecular weight is 393 g/mol. The van der Waals surface area contributed by atoms with Gasteiger partial charge in [-0.3, -0.25) is 4.98 Å². The number of benzene rings is 1. The topological polar surface area (TPSA) is 43.8 Å². The molecule has 3 aromatic rings. The summed E-state index contributed by atoms with van der Waals surface area (Å²) in [6, 6.07) is 4.47. The summed E-state index contributed by atoms with van der Waals surface area (Å²) >= 11 is 0. The maximum atomic E-state index is 14.9. The summed E-state index contributed by atoms with van der Waals surface area (Å²) in [5.74, 6) is -0.757. The first-order valence-electron chi connectivity index (χ1n) is 8.99. The number of rotatable bonds is 3. The molecule has 0 aliphatic heterocycles. The number of aromatic nitrogens is 2. The lowest BCUT2D eigenvalue weighted by Crippen LogP contribution is -2.15. The summed E-state index contributed by atoms with van der Waals surface area (Å²) < 4.78 is 57.1. The lowest BCUT2D eigenvalue weighted by Gasteiger charge is -2.20. The van der Waals surface area contributed by atoms with Crippen molar-refractivity contribution in [2.45, 2.75) is 46.5 Å². The second-order valence-electron chi connectivity index (χ2n) is 8.31. The van der Waals surface area contributed by atoms with Crippen LogP contribution in [0.25, 0.3) is 22.2 Å². The molecule has 1 atom stereocenters. The van der Waals surface area contributed by atoms with E-state index in [-0.39, 0.29) is 17.0 Å². The van der Waals surface area contributed by atoms with E-state index in [2.05, 4.69) is 25.8 Å². The number of alkyl halides is 3. The second kappa shape index (κ2) is 6.88. The average Bonchev–Trinajstić information content (AvgIpc) is 2.89. The van der Waals surface area contributed by atoms with Gasteiger partial charge in [0.2, 0.25) is 0 Å². The van der Waals surface area contributed by atoms with Crippen LogP contribution in [0.5, 0.6) is 0 Å². The van der Waals surface area contributed by atoms with Gasteiger partial charge in [-0.2, -0.15) is 13.2 Å². The van der Waals surface area contributed by atoms with Crippen molar-refractivity contribution in [2.75, 3.05) is 0 Å². The maximum Gasteiger partial charge on any atom is 0.418 e. The maximum absolute atomic E-state index is 14.9. The largest absolute Gasteiger partial charge is 0.418 e. The minimum Gasteiger partial charge on any atom is -0.347 e. The minimum atomic E-state index is -4.63. The molecule has 7 heteroatoms. The van der Waals surface area contributed by atoms with Gasteiger partial charge in [-0.25, -0.2) is 4.39 Å². The Morgan fingerprint density at radius 2 is 1.86 bits per heavy atom. The van der Waals surface area contributed by atoms with Crippen LogP contribution in [0.4, 0.5) is 17.6 Å². The standard InChI is InChI=1S/C21H23F4N3/c1-12(26)15-10-28(11-20(2,3)4)18-9-14(17(22)8-13(15)18)19-16(21(23,24)25)6-5-7-27-19/h5-10,12H,11,26H2,1-4H3. The van der Waals surface area contributed by atoms with Gasteiger partial charge in [0.25, 0.3) is 0 Å². The molecule has 2 N–H and O–H groups in total. The zero-order valence-electron chi connectivity index (χ0n) is 16.2. The van der Waals surface area contributed by atoms with Gasteiger partial charge in [0, 0.05) is 41.4 Å². The van der Waals surface area contributed by atoms with Crippen LogP contribution in [0, 0.1) is 11.2 Å². The molecule has 0 aliphatic rings. The molecule has 0 saturated carbocycles. The molecular formula is C21H23F4N3. The highest BCUT2D eigenvalue weighted by Gasteiger charge is 2.35. The third-order valence-electron chi connectivity index (χ3n) is 4.50. The Labute approximate surface area is 161 Å². The molecule has 0 aliphatic carbocycles. The van der Waals surface area contributed by atoms with Gasteiger partial charge in [0.05, 0.1) is 11.3 Å². The zero-order valence-corrected chi connectivity index (χ0v) is 16.2. The number of hydrogen-bond acceptors (Lipinski definition) is 2. The van der Waals surface area contributed by atoms with Crippen molar-refractivity contribution in [1.29, 1.82) is 0 Å². The van der Waals surface area contributed by atoms with E-state index in [1.807, 2.05) is 10.8 Å². The van der Waals surface area contributed by atoms with Crippen molar-refractivity contribution < 1.29 is 17.6 Å². The highest BCUT2D eigenvalue weighted by Crippen LogP contribution is 2.39. The van der Waals surface area contributed by atoms with E-state index >= 15 is 0 Å². The van der Waals surface area contributed by atoms with Crippen molar-refractivity contribution in [3.8, 4) is 11.3 Å². The summed E-state index contributed by atoms with van der Waals surface area (Å²) in [5, 5.41) is 0.602. The van der Waals surface area contributed by atoms with E-state index in [1.165, 1.54) is 24.4 Å². The highest BCUT2D eigenvalue weighted by molar-refractivity contribution is 5.89. The number of halogens is 4. The van der Waals surface area contributed by atoms with Crippen molar-refractivity contribution in [1.82, 2.24) is 9.55 Å². The fourth-order valence-corrected chi connectivity index (χ4v) is 3.37. The van der Waals surface area contributed by atoms with E-state index < -0.39 is 23.3 Å². The Morgan fingerprint density at radius 3 is 2.43 bits per heavy atom. The van der Waals surface area contributed by atoms with Gasteiger partial charge in [0.15, 0.2) is 0 Å². The minimum absolute atomic E-state index is 0.0856. The molecular weight excluding hydrogens is 370 g/mol. The third kappa shape index (κ3) is 3.90. The Bertz CT molecular complexity index is 1010. The number of fused-ring (bicyclic) bond motifs is 1. The van der Waals surface area contributed by atoms with Crippen LogP contribution in [-0.2, 0) is 12.7 Å². The number of nitrogens with zero attached hydrogens (tertiary/aromatic N) is 2. The predicted octanol–water partition coefficient (Wildman–Crippen LogP) is 5.93. The molecule has 2 aromatic heterocycles. The molecule has 3 nitrogen and oxygen atoms in total. The molecule has 2 heterocycles. The predicted molar refractivity (Wildman–Crippen MR) is 102 cm³/mol. The SMILES string of the molecule is CC(N)c1cn(CC(C)(C)C)c2cc(-c3ncccc3C(F)(F)F)c(F)cc12. The summed E-state index contributed by atoms with van der Waals surface area (Å²) in [6.45, 7) is 8.55. The molecule has 0 spiro atoms. The number of hydrogen-bond donors (Lipinski definition) is 1. The van der Waals surface area contributed by atoms with Gasteiger partial charge in [0.1, 0.15) is 5.82 Å². The second-order valence-corrected chi connectivity index (χ2v) is 8.31. The van der Waals surface area contributed by atoms with E-state index in [1.54, 1.807) is 6.92 Å². The molecule has 3 rings (SSSR count). The first kappa shape index (κ1) is 20.3. The first-order chi connectivity index (χ1) is 12.9. The molecule has 0 radical (unpaired) electrons. The lowest BCUT2D eigenvalue weighted by molar-refractivity contribution is -0.137. The van der Waals surface area contributed by atoms with Crippen molar-refractivity contribution in [2.24, 2.45) is 11.1 Å². The van der Waals surface area contributed by atoms with Gasteiger partial charge in [-0.1, -0.05) is 20.8 Å². The smallest absolute Gasteiger partial charge is 0.347 e. The van der Waals surface area contributed by atoms with E-state index in [4.69, 9.17) is 5.73 Å². The molecule has 1 unspecified atom stereocenters. The molecule has 0 fully saturated rings. The molecule has 28 heavy (non-hydrogen) atoms. The van der Waals surface area contributed by atoms with Crippen LogP contribution >= 0.6 is 0 Å². The molecule has 0 saturated heterocycles. The Kier molecular flexibility index (Phi) is 5.00. The van der Waals surface area contributed by atoms with Crippen molar-refractivity contribution in [3.05, 3.63) is 53.6 Å². The van der Waals surface area contributed by atoms with E-state index in [0.29, 0.717) is 17.4 Å². The van der Waals surface area contributed by atoms with Crippen LogP contribution in [0.1, 0.15) is 44.9 Å². The van der Waals surface area contributed by atoms with Crippen LogP contribution in [0.2, 0.25) is 0 Å². The van der Waals surface area contributed by atoms with Crippen LogP contribution in [0.3, 0.4) is 0 Å². The Morgan fingerprint density at radius 1 is 1.18 bits per heavy atom. The monoisotopic (exact) mass is 393 g/mol. The van der Waals surface area contributed by atoms with Crippen LogP contribution < -0.4 is 5.73 Å². The molecule has 150 valence electrons. The van der Waals surface area contributed by atoms with Gasteiger partial charge in [-0.15, -0.1) is 0 Å². The molecule has 0 amide bonds. The van der Waals surface area contributed by atoms with Gasteiger partial charge in [-0.05, 0) is 42.2 Å². The highest BCUT2D eigenvalue weighted by atomic mass is 19.4. The fraction of sp³-hybridized carbons (Fsp3) is 0.381. The van der Waals surface area contributed by atoms with Crippen LogP contribution in [0.15, 0.2) is 36.7 Å². The normalized spacial score (nSPS) is 13.9. The number of pyridine rings is 1. The summed E-state index contributed by atoms with van der Waals surface area (Å²) in [5.41, 5.74) is 5.79. The summed E-state index contributed by atoms with van der Waals surface area (Å²) in [4.78, 5) is 3.84. The quantitative estimate of drug-likeness (QED) is 0.561. The summed E-state index contributed by atoms with van der Waals surface area (Å²) in [6.07, 6.45) is -1.54. The molecule has 1 aromatic carbocycles. The Hall–Kier alpha value is -2.41. The van der Waals surface area contributed by atoms with E-state index in [0.717, 1.165) is 11.6 Å². The van der Waals surface area contributed by atoms with Gasteiger partial charge >= 0.3 is 6.18 Å². The lowest BCUT2D eigenvalue weighted by atomic mass is 9.96. The van der Waals surface area contributed by atoms with Gasteiger partial charge < -0.3 is 10.3 Å². The first-order valence-corrected chi connectivity index (χ1v) is 8.99. The van der Waals surface area contributed by atoms with Crippen molar-refractivity contribution >= 4 is 10.9 Å². The van der Waals surface area contributed by atoms with Crippen LogP contribution in [-0.4, -0.2) is 9.55 Å². The molecule has 0 bridgehead atoms. The Balaban J connectivity index is 2.30. The third-order valence-corrected chi connectivity index (χ3v) is 4.50.